The minimum absolute atomic E-state index is 0.234. The highest BCUT2D eigenvalue weighted by Gasteiger charge is 2.24. The number of carboxylic acid groups (broad SMARTS) is 3. The van der Waals surface area contributed by atoms with Crippen LogP contribution in [0.2, 0.25) is 0 Å². The summed E-state index contributed by atoms with van der Waals surface area (Å²) in [6.07, 6.45) is 1.20. The molecular weight excluding hydrogens is 320 g/mol. The molecule has 1 rings (SSSR count). The Labute approximate surface area is 139 Å². The minimum Gasteiger partial charge on any atom is -0.504 e. The van der Waals surface area contributed by atoms with Gasteiger partial charge in [0.2, 0.25) is 0 Å². The number of rotatable bonds is 7. The molecule has 0 saturated heterocycles. The van der Waals surface area contributed by atoms with Gasteiger partial charge in [-0.2, -0.15) is 0 Å². The lowest BCUT2D eigenvalue weighted by Gasteiger charge is -2.14. The number of carbonyl (C=O) groups is 3. The van der Waals surface area contributed by atoms with Crippen molar-refractivity contribution in [2.24, 2.45) is 11.8 Å². The van der Waals surface area contributed by atoms with Gasteiger partial charge >= 0.3 is 17.9 Å². The summed E-state index contributed by atoms with van der Waals surface area (Å²) in [5.41, 5.74) is -0.301. The summed E-state index contributed by atoms with van der Waals surface area (Å²) in [5, 5.41) is 43.6. The maximum Gasteiger partial charge on any atom is 0.339 e. The zero-order chi connectivity index (χ0) is 18.9. The van der Waals surface area contributed by atoms with Gasteiger partial charge < -0.3 is 25.5 Å². The van der Waals surface area contributed by atoms with Gasteiger partial charge in [-0.15, -0.1) is 0 Å². The van der Waals surface area contributed by atoms with Crippen molar-refractivity contribution in [3.63, 3.8) is 0 Å². The first kappa shape index (κ1) is 21.2. The van der Waals surface area contributed by atoms with Crippen LogP contribution in [-0.2, 0) is 9.59 Å². The van der Waals surface area contributed by atoms with Gasteiger partial charge in [-0.25, -0.2) is 4.79 Å². The Bertz CT molecular complexity index is 561. The van der Waals surface area contributed by atoms with E-state index < -0.39 is 41.2 Å². The standard InChI is InChI=1S/C9H16O4.C7H6O4/c1-3-6(8(10)11)5-7(4-2)9(12)13;8-5-3-1-2-4(6(5)9)7(10)11/h6-7H,3-5H2,1-2H3,(H,10,11)(H,12,13);1-3,8-9H,(H,10,11). The smallest absolute Gasteiger partial charge is 0.339 e. The third kappa shape index (κ3) is 6.55. The molecule has 5 N–H and O–H groups in total. The number of phenols is 2. The SMILES string of the molecule is CCC(CC(CC)C(=O)O)C(=O)O.O=C(O)c1cccc(O)c1O. The van der Waals surface area contributed by atoms with Gasteiger partial charge in [0.1, 0.15) is 5.56 Å². The van der Waals surface area contributed by atoms with E-state index in [1.54, 1.807) is 13.8 Å². The van der Waals surface area contributed by atoms with E-state index >= 15 is 0 Å². The van der Waals surface area contributed by atoms with Gasteiger partial charge in [-0.1, -0.05) is 19.9 Å². The minimum atomic E-state index is -1.27. The predicted octanol–water partition coefficient (Wildman–Crippen LogP) is 2.39. The van der Waals surface area contributed by atoms with E-state index in [4.69, 9.17) is 25.5 Å². The van der Waals surface area contributed by atoms with Crippen LogP contribution in [0.5, 0.6) is 11.5 Å². The summed E-state index contributed by atoms with van der Waals surface area (Å²) in [5.74, 6) is -5.14. The van der Waals surface area contributed by atoms with E-state index in [0.717, 1.165) is 0 Å². The Kier molecular flexibility index (Phi) is 8.92. The first-order valence-electron chi connectivity index (χ1n) is 7.35. The van der Waals surface area contributed by atoms with Gasteiger partial charge in [0.15, 0.2) is 11.5 Å². The predicted molar refractivity (Wildman–Crippen MR) is 84.2 cm³/mol. The Hall–Kier alpha value is -2.77. The van der Waals surface area contributed by atoms with Crippen LogP contribution in [0, 0.1) is 11.8 Å². The van der Waals surface area contributed by atoms with E-state index in [-0.39, 0.29) is 12.0 Å². The Morgan fingerprint density at radius 2 is 1.38 bits per heavy atom. The number of aromatic hydroxyl groups is 2. The average Bonchev–Trinajstić information content (AvgIpc) is 2.50. The molecule has 24 heavy (non-hydrogen) atoms. The van der Waals surface area contributed by atoms with Crippen LogP contribution >= 0.6 is 0 Å². The zero-order valence-corrected chi connectivity index (χ0v) is 13.5. The van der Waals surface area contributed by atoms with E-state index in [0.29, 0.717) is 12.8 Å². The summed E-state index contributed by atoms with van der Waals surface area (Å²) in [4.78, 5) is 31.5. The highest BCUT2D eigenvalue weighted by atomic mass is 16.4. The lowest BCUT2D eigenvalue weighted by molar-refractivity contribution is -0.145. The molecule has 0 saturated carbocycles. The quantitative estimate of drug-likeness (QED) is 0.473. The van der Waals surface area contributed by atoms with Crippen LogP contribution in [0.3, 0.4) is 0 Å². The van der Waals surface area contributed by atoms with Gasteiger partial charge in [0.25, 0.3) is 0 Å². The molecule has 1 aromatic carbocycles. The number of benzene rings is 1. The van der Waals surface area contributed by atoms with Crippen LogP contribution in [0.25, 0.3) is 0 Å². The second kappa shape index (κ2) is 10.1. The second-order valence-corrected chi connectivity index (χ2v) is 5.10. The van der Waals surface area contributed by atoms with Crippen LogP contribution < -0.4 is 0 Å². The number of phenolic OH excluding ortho intramolecular Hbond substituents is 1. The molecule has 0 radical (unpaired) electrons. The molecule has 0 fully saturated rings. The van der Waals surface area contributed by atoms with E-state index in [2.05, 4.69) is 0 Å². The molecule has 1 aromatic rings. The molecule has 0 aliphatic rings. The molecule has 8 nitrogen and oxygen atoms in total. The molecule has 0 bridgehead atoms. The van der Waals surface area contributed by atoms with Crippen molar-refractivity contribution in [1.82, 2.24) is 0 Å². The van der Waals surface area contributed by atoms with Crippen molar-refractivity contribution in [3.05, 3.63) is 23.8 Å². The Balaban J connectivity index is 0.000000446. The zero-order valence-electron chi connectivity index (χ0n) is 13.5. The third-order valence-electron chi connectivity index (χ3n) is 3.50. The van der Waals surface area contributed by atoms with Crippen molar-refractivity contribution < 1.29 is 39.9 Å². The fraction of sp³-hybridized carbons (Fsp3) is 0.438. The average molecular weight is 342 g/mol. The fourth-order valence-corrected chi connectivity index (χ4v) is 1.93. The summed E-state index contributed by atoms with van der Waals surface area (Å²) in [6.45, 7) is 3.51. The van der Waals surface area contributed by atoms with E-state index in [1.165, 1.54) is 18.2 Å². The first-order valence-corrected chi connectivity index (χ1v) is 7.35. The normalized spacial score (nSPS) is 12.4. The molecule has 0 spiro atoms. The first-order chi connectivity index (χ1) is 11.1. The van der Waals surface area contributed by atoms with Crippen LogP contribution in [0.4, 0.5) is 0 Å². The third-order valence-corrected chi connectivity index (χ3v) is 3.50. The summed E-state index contributed by atoms with van der Waals surface area (Å²) in [7, 11) is 0. The number of aliphatic carboxylic acids is 2. The summed E-state index contributed by atoms with van der Waals surface area (Å²) < 4.78 is 0. The maximum atomic E-state index is 10.6. The number of aromatic carboxylic acids is 1. The molecule has 134 valence electrons. The molecule has 2 unspecified atom stereocenters. The molecule has 0 aromatic heterocycles. The van der Waals surface area contributed by atoms with Gasteiger partial charge in [-0.3, -0.25) is 9.59 Å². The summed E-state index contributed by atoms with van der Waals surface area (Å²) >= 11 is 0. The number of carboxylic acids is 3. The van der Waals surface area contributed by atoms with Crippen molar-refractivity contribution in [1.29, 1.82) is 0 Å². The van der Waals surface area contributed by atoms with Crippen molar-refractivity contribution in [2.75, 3.05) is 0 Å². The summed E-state index contributed by atoms with van der Waals surface area (Å²) in [6, 6.07) is 3.76. The number of hydrogen-bond acceptors (Lipinski definition) is 5. The largest absolute Gasteiger partial charge is 0.504 e. The molecule has 8 heteroatoms. The van der Waals surface area contributed by atoms with Crippen LogP contribution in [0.1, 0.15) is 43.5 Å². The Morgan fingerprint density at radius 1 is 0.917 bits per heavy atom. The molecule has 2 atom stereocenters. The lowest BCUT2D eigenvalue weighted by atomic mass is 9.91. The van der Waals surface area contributed by atoms with Gasteiger partial charge in [0.05, 0.1) is 11.8 Å². The number of hydrogen-bond donors (Lipinski definition) is 5. The van der Waals surface area contributed by atoms with Crippen molar-refractivity contribution in [2.45, 2.75) is 33.1 Å². The fourth-order valence-electron chi connectivity index (χ4n) is 1.93. The topological polar surface area (TPSA) is 152 Å². The van der Waals surface area contributed by atoms with Gasteiger partial charge in [-0.05, 0) is 31.4 Å². The second-order valence-electron chi connectivity index (χ2n) is 5.10. The van der Waals surface area contributed by atoms with E-state index in [9.17, 15) is 14.4 Å². The lowest BCUT2D eigenvalue weighted by Crippen LogP contribution is -2.21. The molecule has 0 amide bonds. The van der Waals surface area contributed by atoms with Crippen molar-refractivity contribution in [3.8, 4) is 11.5 Å². The van der Waals surface area contributed by atoms with Crippen LogP contribution in [0.15, 0.2) is 18.2 Å². The molecule has 0 aliphatic carbocycles. The van der Waals surface area contributed by atoms with E-state index in [1.807, 2.05) is 0 Å². The number of para-hydroxylation sites is 1. The highest BCUT2D eigenvalue weighted by molar-refractivity contribution is 5.91. The Morgan fingerprint density at radius 3 is 1.67 bits per heavy atom. The maximum absolute atomic E-state index is 10.6. The monoisotopic (exact) mass is 342 g/mol. The molecule has 0 heterocycles. The van der Waals surface area contributed by atoms with Crippen molar-refractivity contribution >= 4 is 17.9 Å². The molecular formula is C16H22O8. The highest BCUT2D eigenvalue weighted by Crippen LogP contribution is 2.27. The molecule has 0 aliphatic heterocycles. The van der Waals surface area contributed by atoms with Gasteiger partial charge in [0, 0.05) is 0 Å². The van der Waals surface area contributed by atoms with Crippen LogP contribution in [-0.4, -0.2) is 43.4 Å².